The predicted molar refractivity (Wildman–Crippen MR) is 154 cm³/mol. The number of carboxylic acid groups (broad SMARTS) is 2. The molecule has 0 aliphatic carbocycles. The predicted octanol–water partition coefficient (Wildman–Crippen LogP) is -1.35. The third kappa shape index (κ3) is 14.3. The van der Waals surface area contributed by atoms with Gasteiger partial charge in [0.1, 0.15) is 24.2 Å². The maximum Gasteiger partial charge on any atom is 0.325 e. The Bertz CT molecular complexity index is 1140. The maximum absolute atomic E-state index is 12.9. The molecule has 5 atom stereocenters. The third-order valence-electron chi connectivity index (χ3n) is 6.18. The van der Waals surface area contributed by atoms with Crippen LogP contribution in [0, 0.1) is 5.92 Å². The van der Waals surface area contributed by atoms with Crippen LogP contribution in [0.2, 0.25) is 0 Å². The second-order valence-electron chi connectivity index (χ2n) is 10.6. The smallest absolute Gasteiger partial charge is 0.325 e. The molecule has 0 heterocycles. The quantitative estimate of drug-likeness (QED) is 0.0975. The highest BCUT2D eigenvalue weighted by Crippen LogP contribution is 2.06. The van der Waals surface area contributed by atoms with Crippen LogP contribution in [0.15, 0.2) is 30.3 Å². The van der Waals surface area contributed by atoms with Gasteiger partial charge in [0.2, 0.25) is 29.5 Å². The van der Waals surface area contributed by atoms with Gasteiger partial charge in [-0.2, -0.15) is 0 Å². The minimum Gasteiger partial charge on any atom is -0.481 e. The highest BCUT2D eigenvalue weighted by Gasteiger charge is 2.28. The molecule has 0 fully saturated rings. The van der Waals surface area contributed by atoms with Crippen molar-refractivity contribution < 1.29 is 43.8 Å². The van der Waals surface area contributed by atoms with Crippen molar-refractivity contribution in [2.24, 2.45) is 11.7 Å². The van der Waals surface area contributed by atoms with Crippen LogP contribution in [-0.4, -0.2) is 88.4 Å². The van der Waals surface area contributed by atoms with Crippen molar-refractivity contribution in [1.82, 2.24) is 26.6 Å². The van der Waals surface area contributed by atoms with Gasteiger partial charge in [0.15, 0.2) is 0 Å². The molecule has 5 amide bonds. The zero-order chi connectivity index (χ0) is 32.7. The van der Waals surface area contributed by atoms with E-state index in [1.807, 2.05) is 44.2 Å². The van der Waals surface area contributed by atoms with Crippen molar-refractivity contribution in [3.8, 4) is 0 Å². The lowest BCUT2D eigenvalue weighted by Crippen LogP contribution is -2.56. The van der Waals surface area contributed by atoms with Gasteiger partial charge in [-0.05, 0) is 44.6 Å². The SMILES string of the molecule is CC(C)C[C@H](NC(=O)[C@H](C)NC(=O)[C@@H](N)Cc1ccccc1)C(=O)NCC(=O)N[C@@H](CCC(=O)O)C(=O)N[C@@H](C)C(=O)O. The van der Waals surface area contributed by atoms with Crippen LogP contribution in [0.1, 0.15) is 52.5 Å². The number of carbonyl (C=O) groups excluding carboxylic acids is 5. The van der Waals surface area contributed by atoms with E-state index in [1.54, 1.807) is 0 Å². The number of nitrogens with two attached hydrogens (primary N) is 1. The van der Waals surface area contributed by atoms with Gasteiger partial charge in [-0.15, -0.1) is 0 Å². The Hall–Kier alpha value is -4.53. The van der Waals surface area contributed by atoms with E-state index < -0.39 is 84.6 Å². The van der Waals surface area contributed by atoms with Crippen molar-refractivity contribution in [2.45, 2.75) is 83.6 Å². The monoisotopic (exact) mass is 606 g/mol. The molecule has 0 unspecified atom stereocenters. The van der Waals surface area contributed by atoms with Crippen LogP contribution < -0.4 is 32.3 Å². The van der Waals surface area contributed by atoms with E-state index in [0.29, 0.717) is 0 Å². The number of benzene rings is 1. The van der Waals surface area contributed by atoms with Crippen LogP contribution in [0.3, 0.4) is 0 Å². The Labute approximate surface area is 249 Å². The molecule has 238 valence electrons. The van der Waals surface area contributed by atoms with Crippen LogP contribution in [0.5, 0.6) is 0 Å². The zero-order valence-electron chi connectivity index (χ0n) is 24.7. The number of nitrogens with one attached hydrogen (secondary N) is 5. The standard InChI is InChI=1S/C28H42N6O9/c1-15(2)12-21(34-24(38)16(3)31-25(39)19(29)13-18-8-6-5-7-9-18)26(40)30-14-22(35)33-20(10-11-23(36)37)27(41)32-17(4)28(42)43/h5-9,15-17,19-21H,10-14,29H2,1-4H3,(H,30,40)(H,31,39)(H,32,41)(H,33,35)(H,34,38)(H,36,37)(H,42,43)/t16-,17-,19-,20-,21-/m0/s1. The first kappa shape index (κ1) is 36.5. The summed E-state index contributed by atoms with van der Waals surface area (Å²) in [5.74, 6) is -6.26. The number of hydrogen-bond acceptors (Lipinski definition) is 8. The highest BCUT2D eigenvalue weighted by molar-refractivity contribution is 5.95. The molecule has 0 aliphatic rings. The van der Waals surface area contributed by atoms with Crippen LogP contribution in [0.4, 0.5) is 0 Å². The summed E-state index contributed by atoms with van der Waals surface area (Å²) in [7, 11) is 0. The fourth-order valence-corrected chi connectivity index (χ4v) is 3.79. The van der Waals surface area contributed by atoms with Crippen molar-refractivity contribution >= 4 is 41.5 Å². The molecule has 0 saturated heterocycles. The molecule has 0 spiro atoms. The van der Waals surface area contributed by atoms with E-state index in [9.17, 15) is 33.6 Å². The summed E-state index contributed by atoms with van der Waals surface area (Å²) < 4.78 is 0. The summed E-state index contributed by atoms with van der Waals surface area (Å²) in [6, 6.07) is 3.46. The van der Waals surface area contributed by atoms with Gasteiger partial charge >= 0.3 is 11.9 Å². The Kier molecular flexibility index (Phi) is 15.4. The molecular formula is C28H42N6O9. The molecular weight excluding hydrogens is 564 g/mol. The summed E-state index contributed by atoms with van der Waals surface area (Å²) in [6.45, 7) is 5.65. The number of amides is 5. The van der Waals surface area contributed by atoms with Gasteiger partial charge in [-0.3, -0.25) is 33.6 Å². The summed E-state index contributed by atoms with van der Waals surface area (Å²) in [5, 5.41) is 29.9. The lowest BCUT2D eigenvalue weighted by molar-refractivity contribution is -0.142. The molecule has 1 rings (SSSR count). The molecule has 1 aromatic carbocycles. The number of aliphatic carboxylic acids is 2. The van der Waals surface area contributed by atoms with E-state index in [0.717, 1.165) is 5.56 Å². The van der Waals surface area contributed by atoms with Gasteiger partial charge in [0.05, 0.1) is 12.6 Å². The highest BCUT2D eigenvalue weighted by atomic mass is 16.4. The molecule has 9 N–H and O–H groups in total. The number of carboxylic acids is 2. The lowest BCUT2D eigenvalue weighted by Gasteiger charge is -2.23. The summed E-state index contributed by atoms with van der Waals surface area (Å²) >= 11 is 0. The zero-order valence-corrected chi connectivity index (χ0v) is 24.7. The Morgan fingerprint density at radius 1 is 0.744 bits per heavy atom. The molecule has 0 saturated carbocycles. The van der Waals surface area contributed by atoms with E-state index in [4.69, 9.17) is 15.9 Å². The number of hydrogen-bond donors (Lipinski definition) is 8. The fraction of sp³-hybridized carbons (Fsp3) is 0.536. The van der Waals surface area contributed by atoms with Gasteiger partial charge in [0.25, 0.3) is 0 Å². The molecule has 0 aliphatic heterocycles. The Morgan fingerprint density at radius 3 is 1.91 bits per heavy atom. The van der Waals surface area contributed by atoms with E-state index >= 15 is 0 Å². The summed E-state index contributed by atoms with van der Waals surface area (Å²) in [6.07, 6.45) is -0.346. The van der Waals surface area contributed by atoms with Crippen molar-refractivity contribution in [1.29, 1.82) is 0 Å². The van der Waals surface area contributed by atoms with Crippen LogP contribution in [-0.2, 0) is 40.0 Å². The van der Waals surface area contributed by atoms with Crippen molar-refractivity contribution in [3.05, 3.63) is 35.9 Å². The van der Waals surface area contributed by atoms with Gasteiger partial charge in [-0.1, -0.05) is 44.2 Å². The fourth-order valence-electron chi connectivity index (χ4n) is 3.79. The van der Waals surface area contributed by atoms with E-state index in [2.05, 4.69) is 26.6 Å². The summed E-state index contributed by atoms with van der Waals surface area (Å²) in [5.41, 5.74) is 6.83. The lowest BCUT2D eigenvalue weighted by atomic mass is 10.0. The first-order chi connectivity index (χ1) is 20.1. The first-order valence-electron chi connectivity index (χ1n) is 13.8. The van der Waals surface area contributed by atoms with Gasteiger partial charge in [0, 0.05) is 6.42 Å². The van der Waals surface area contributed by atoms with Gasteiger partial charge in [-0.25, -0.2) is 0 Å². The molecule has 0 bridgehead atoms. The topological polar surface area (TPSA) is 246 Å². The van der Waals surface area contributed by atoms with E-state index in [1.165, 1.54) is 13.8 Å². The molecule has 0 radical (unpaired) electrons. The minimum absolute atomic E-state index is 0.0469. The van der Waals surface area contributed by atoms with Crippen LogP contribution >= 0.6 is 0 Å². The van der Waals surface area contributed by atoms with Crippen molar-refractivity contribution in [2.75, 3.05) is 6.54 Å². The summed E-state index contributed by atoms with van der Waals surface area (Å²) in [4.78, 5) is 85.1. The molecule has 15 nitrogen and oxygen atoms in total. The largest absolute Gasteiger partial charge is 0.481 e. The Morgan fingerprint density at radius 2 is 1.35 bits per heavy atom. The normalized spacial score (nSPS) is 14.3. The second kappa shape index (κ2) is 18.1. The van der Waals surface area contributed by atoms with E-state index in [-0.39, 0.29) is 25.2 Å². The average molecular weight is 607 g/mol. The number of carbonyl (C=O) groups is 7. The number of rotatable bonds is 18. The maximum atomic E-state index is 12.9. The van der Waals surface area contributed by atoms with Crippen LogP contribution in [0.25, 0.3) is 0 Å². The molecule has 15 heteroatoms. The molecule has 1 aromatic rings. The Balaban J connectivity index is 2.75. The second-order valence-corrected chi connectivity index (χ2v) is 10.6. The molecule has 0 aromatic heterocycles. The molecule has 43 heavy (non-hydrogen) atoms. The third-order valence-corrected chi connectivity index (χ3v) is 6.18. The average Bonchev–Trinajstić information content (AvgIpc) is 2.93. The van der Waals surface area contributed by atoms with Crippen molar-refractivity contribution in [3.63, 3.8) is 0 Å². The first-order valence-corrected chi connectivity index (χ1v) is 13.8. The van der Waals surface area contributed by atoms with Gasteiger partial charge < -0.3 is 42.5 Å². The minimum atomic E-state index is -1.37.